The summed E-state index contributed by atoms with van der Waals surface area (Å²) in [5.74, 6) is 0. The lowest BCUT2D eigenvalue weighted by Crippen LogP contribution is -2.35. The van der Waals surface area contributed by atoms with Crippen molar-refractivity contribution in [3.05, 3.63) is 35.9 Å². The Kier molecular flexibility index (Phi) is 8.14. The first kappa shape index (κ1) is 19.0. The van der Waals surface area contributed by atoms with Gasteiger partial charge in [0.15, 0.2) is 0 Å². The molecule has 0 spiro atoms. The molecule has 0 atom stereocenters. The van der Waals surface area contributed by atoms with E-state index in [1.807, 2.05) is 39.0 Å². The van der Waals surface area contributed by atoms with Gasteiger partial charge in [0.25, 0.3) is 0 Å². The molecule has 0 bridgehead atoms. The topological polar surface area (TPSA) is 65.4 Å². The predicted molar refractivity (Wildman–Crippen MR) is 91.1 cm³/mol. The number of ether oxygens (including phenoxy) is 1. The first-order valence-corrected chi connectivity index (χ1v) is 8.01. The molecule has 1 aromatic rings. The molecule has 0 aromatic heterocycles. The molecule has 0 aliphatic carbocycles. The summed E-state index contributed by atoms with van der Waals surface area (Å²) in [5.41, 5.74) is 0.786. The zero-order valence-corrected chi connectivity index (χ0v) is 14.3. The van der Waals surface area contributed by atoms with Gasteiger partial charge in [0.1, 0.15) is 5.60 Å². The van der Waals surface area contributed by atoms with Gasteiger partial charge in [0.05, 0.1) is 12.6 Å². The van der Waals surface area contributed by atoms with Gasteiger partial charge in [0, 0.05) is 19.6 Å². The van der Waals surface area contributed by atoms with Gasteiger partial charge in [-0.3, -0.25) is 4.90 Å². The molecule has 0 radical (unpaired) electrons. The second kappa shape index (κ2) is 9.86. The van der Waals surface area contributed by atoms with E-state index in [9.17, 15) is 4.79 Å². The number of rotatable bonds is 8. The van der Waals surface area contributed by atoms with Gasteiger partial charge in [-0.2, -0.15) is 5.26 Å². The highest BCUT2D eigenvalue weighted by atomic mass is 16.6. The lowest BCUT2D eigenvalue weighted by Gasteiger charge is -2.21. The van der Waals surface area contributed by atoms with Gasteiger partial charge in [-0.1, -0.05) is 30.3 Å². The highest BCUT2D eigenvalue weighted by Gasteiger charge is 2.15. The summed E-state index contributed by atoms with van der Waals surface area (Å²) >= 11 is 0. The Morgan fingerprint density at radius 1 is 1.26 bits per heavy atom. The standard InChI is InChI=1S/C18H27N3O2/c1-18(2,3)23-17(22)20-12-7-13-21(15-11-19)14-10-16-8-5-4-6-9-16/h4-6,8-9H,7,10,12-15H2,1-3H3,(H,20,22). The largest absolute Gasteiger partial charge is 0.444 e. The van der Waals surface area contributed by atoms with E-state index < -0.39 is 11.7 Å². The van der Waals surface area contributed by atoms with Crippen LogP contribution in [0.4, 0.5) is 4.79 Å². The summed E-state index contributed by atoms with van der Waals surface area (Å²) in [7, 11) is 0. The number of nitriles is 1. The number of hydrogen-bond acceptors (Lipinski definition) is 4. The van der Waals surface area contributed by atoms with Crippen LogP contribution in [0.25, 0.3) is 0 Å². The third kappa shape index (κ3) is 9.54. The van der Waals surface area contributed by atoms with Crippen molar-refractivity contribution in [2.24, 2.45) is 0 Å². The zero-order valence-electron chi connectivity index (χ0n) is 14.3. The first-order chi connectivity index (χ1) is 10.9. The van der Waals surface area contributed by atoms with Gasteiger partial charge in [-0.25, -0.2) is 4.79 Å². The molecule has 0 aliphatic heterocycles. The number of benzene rings is 1. The van der Waals surface area contributed by atoms with Gasteiger partial charge < -0.3 is 10.1 Å². The quantitative estimate of drug-likeness (QED) is 0.591. The highest BCUT2D eigenvalue weighted by Crippen LogP contribution is 2.06. The van der Waals surface area contributed by atoms with Crippen LogP contribution in [0.1, 0.15) is 32.8 Å². The van der Waals surface area contributed by atoms with Crippen molar-refractivity contribution in [1.29, 1.82) is 5.26 Å². The molecule has 0 saturated heterocycles. The minimum atomic E-state index is -0.480. The van der Waals surface area contributed by atoms with Crippen molar-refractivity contribution < 1.29 is 9.53 Å². The van der Waals surface area contributed by atoms with Gasteiger partial charge in [-0.15, -0.1) is 0 Å². The fourth-order valence-electron chi connectivity index (χ4n) is 2.11. The molecule has 0 unspecified atom stereocenters. The summed E-state index contributed by atoms with van der Waals surface area (Å²) in [6.07, 6.45) is 1.31. The fraction of sp³-hybridized carbons (Fsp3) is 0.556. The molecule has 1 amide bonds. The van der Waals surface area contributed by atoms with E-state index in [1.54, 1.807) is 0 Å². The van der Waals surface area contributed by atoms with Crippen LogP contribution in [-0.4, -0.2) is 42.8 Å². The molecule has 5 nitrogen and oxygen atoms in total. The van der Waals surface area contributed by atoms with Gasteiger partial charge in [-0.05, 0) is 39.2 Å². The highest BCUT2D eigenvalue weighted by molar-refractivity contribution is 5.67. The number of alkyl carbamates (subject to hydrolysis) is 1. The van der Waals surface area contributed by atoms with Crippen molar-refractivity contribution in [1.82, 2.24) is 10.2 Å². The minimum absolute atomic E-state index is 0.395. The predicted octanol–water partition coefficient (Wildman–Crippen LogP) is 2.97. The van der Waals surface area contributed by atoms with E-state index in [0.717, 1.165) is 25.9 Å². The van der Waals surface area contributed by atoms with Crippen LogP contribution >= 0.6 is 0 Å². The second-order valence-corrected chi connectivity index (χ2v) is 6.45. The Morgan fingerprint density at radius 3 is 2.57 bits per heavy atom. The summed E-state index contributed by atoms with van der Waals surface area (Å²) < 4.78 is 5.18. The van der Waals surface area contributed by atoms with E-state index in [1.165, 1.54) is 5.56 Å². The molecule has 5 heteroatoms. The summed E-state index contributed by atoms with van der Waals surface area (Å²) in [4.78, 5) is 13.6. The van der Waals surface area contributed by atoms with Crippen LogP contribution in [0.15, 0.2) is 30.3 Å². The molecular weight excluding hydrogens is 290 g/mol. The first-order valence-electron chi connectivity index (χ1n) is 8.01. The molecule has 0 saturated carbocycles. The maximum Gasteiger partial charge on any atom is 0.407 e. The van der Waals surface area contributed by atoms with E-state index in [2.05, 4.69) is 28.4 Å². The zero-order chi connectivity index (χ0) is 17.1. The molecule has 1 aromatic carbocycles. The van der Waals surface area contributed by atoms with Crippen molar-refractivity contribution >= 4 is 6.09 Å². The summed E-state index contributed by atoms with van der Waals surface area (Å²) in [6, 6.07) is 12.4. The number of carbonyl (C=O) groups excluding carboxylic acids is 1. The molecule has 0 heterocycles. The Morgan fingerprint density at radius 2 is 1.96 bits per heavy atom. The molecule has 1 rings (SSSR count). The SMILES string of the molecule is CC(C)(C)OC(=O)NCCCN(CC#N)CCc1ccccc1. The maximum atomic E-state index is 11.5. The Labute approximate surface area is 139 Å². The molecule has 126 valence electrons. The smallest absolute Gasteiger partial charge is 0.407 e. The van der Waals surface area contributed by atoms with E-state index in [-0.39, 0.29) is 0 Å². The monoisotopic (exact) mass is 317 g/mol. The third-order valence-electron chi connectivity index (χ3n) is 3.17. The molecule has 1 N–H and O–H groups in total. The van der Waals surface area contributed by atoms with Crippen LogP contribution in [-0.2, 0) is 11.2 Å². The average Bonchev–Trinajstić information content (AvgIpc) is 2.48. The Bertz CT molecular complexity index is 503. The van der Waals surface area contributed by atoms with Crippen molar-refractivity contribution in [3.63, 3.8) is 0 Å². The lowest BCUT2D eigenvalue weighted by atomic mass is 10.1. The van der Waals surface area contributed by atoms with E-state index >= 15 is 0 Å². The molecule has 0 aliphatic rings. The van der Waals surface area contributed by atoms with Crippen LogP contribution in [0, 0.1) is 11.3 Å². The molecule has 23 heavy (non-hydrogen) atoms. The van der Waals surface area contributed by atoms with E-state index in [4.69, 9.17) is 10.00 Å². The molecular formula is C18H27N3O2. The number of carbonyl (C=O) groups is 1. The van der Waals surface area contributed by atoms with Crippen LogP contribution < -0.4 is 5.32 Å². The number of nitrogens with zero attached hydrogens (tertiary/aromatic N) is 2. The van der Waals surface area contributed by atoms with Gasteiger partial charge >= 0.3 is 6.09 Å². The number of nitrogens with one attached hydrogen (secondary N) is 1. The lowest BCUT2D eigenvalue weighted by molar-refractivity contribution is 0.0526. The summed E-state index contributed by atoms with van der Waals surface area (Å²) in [6.45, 7) is 8.07. The Balaban J connectivity index is 2.25. The average molecular weight is 317 g/mol. The van der Waals surface area contributed by atoms with Gasteiger partial charge in [0.2, 0.25) is 0 Å². The van der Waals surface area contributed by atoms with Crippen molar-refractivity contribution in [2.75, 3.05) is 26.2 Å². The van der Waals surface area contributed by atoms with Crippen molar-refractivity contribution in [2.45, 2.75) is 39.2 Å². The van der Waals surface area contributed by atoms with Crippen LogP contribution in [0.5, 0.6) is 0 Å². The second-order valence-electron chi connectivity index (χ2n) is 6.45. The summed E-state index contributed by atoms with van der Waals surface area (Å²) in [5, 5.41) is 11.7. The third-order valence-corrected chi connectivity index (χ3v) is 3.17. The number of hydrogen-bond donors (Lipinski definition) is 1. The fourth-order valence-corrected chi connectivity index (χ4v) is 2.11. The van der Waals surface area contributed by atoms with Crippen LogP contribution in [0.3, 0.4) is 0 Å². The molecule has 0 fully saturated rings. The Hall–Kier alpha value is -2.06. The normalized spacial score (nSPS) is 11.1. The maximum absolute atomic E-state index is 11.5. The number of amides is 1. The van der Waals surface area contributed by atoms with E-state index in [0.29, 0.717) is 13.1 Å². The van der Waals surface area contributed by atoms with Crippen molar-refractivity contribution in [3.8, 4) is 6.07 Å². The minimum Gasteiger partial charge on any atom is -0.444 e. The van der Waals surface area contributed by atoms with Crippen LogP contribution in [0.2, 0.25) is 0 Å².